The second kappa shape index (κ2) is 7.01. The maximum absolute atomic E-state index is 10.9. The molecule has 0 aromatic heterocycles. The van der Waals surface area contributed by atoms with Crippen LogP contribution in [0.25, 0.3) is 0 Å². The van der Waals surface area contributed by atoms with Gasteiger partial charge in [-0.3, -0.25) is 4.79 Å². The Labute approximate surface area is 111 Å². The number of ketones is 1. The molecule has 0 unspecified atom stereocenters. The molecular weight excluding hydrogens is 256 g/mol. The van der Waals surface area contributed by atoms with Gasteiger partial charge in [0.25, 0.3) is 0 Å². The molecule has 18 heavy (non-hydrogen) atoms. The van der Waals surface area contributed by atoms with Crippen molar-refractivity contribution in [1.29, 1.82) is 0 Å². The SMILES string of the molecule is COc1cc(CCCCC(=O)C(=O)O)ccc1Cl. The fourth-order valence-electron chi connectivity index (χ4n) is 1.58. The third-order valence-electron chi connectivity index (χ3n) is 2.57. The number of ether oxygens (including phenoxy) is 1. The lowest BCUT2D eigenvalue weighted by Gasteiger charge is -2.06. The number of carboxylic acid groups (broad SMARTS) is 1. The summed E-state index contributed by atoms with van der Waals surface area (Å²) in [6.07, 6.45) is 2.17. The third-order valence-corrected chi connectivity index (χ3v) is 2.89. The number of carboxylic acids is 1. The zero-order valence-electron chi connectivity index (χ0n) is 10.1. The van der Waals surface area contributed by atoms with E-state index in [-0.39, 0.29) is 6.42 Å². The normalized spacial score (nSPS) is 10.1. The van der Waals surface area contributed by atoms with Gasteiger partial charge >= 0.3 is 5.97 Å². The number of aliphatic carboxylic acids is 1. The summed E-state index contributed by atoms with van der Waals surface area (Å²) < 4.78 is 5.10. The fourth-order valence-corrected chi connectivity index (χ4v) is 1.78. The van der Waals surface area contributed by atoms with Crippen LogP contribution in [0.4, 0.5) is 0 Å². The summed E-state index contributed by atoms with van der Waals surface area (Å²) in [5.74, 6) is -1.47. The number of benzene rings is 1. The first kappa shape index (κ1) is 14.5. The molecule has 0 aliphatic rings. The first-order valence-corrected chi connectivity index (χ1v) is 6.01. The lowest BCUT2D eigenvalue weighted by molar-refractivity contribution is -0.149. The molecule has 0 aliphatic carbocycles. The van der Waals surface area contributed by atoms with Gasteiger partial charge in [-0.15, -0.1) is 0 Å². The number of Topliss-reactive ketones (excluding diaryl/α,β-unsaturated/α-hetero) is 1. The molecule has 0 bridgehead atoms. The average Bonchev–Trinajstić information content (AvgIpc) is 2.35. The molecule has 0 spiro atoms. The van der Waals surface area contributed by atoms with E-state index in [4.69, 9.17) is 21.4 Å². The van der Waals surface area contributed by atoms with Crippen LogP contribution in [0.5, 0.6) is 5.75 Å². The summed E-state index contributed by atoms with van der Waals surface area (Å²) in [7, 11) is 1.55. The summed E-state index contributed by atoms with van der Waals surface area (Å²) in [4.78, 5) is 21.2. The van der Waals surface area contributed by atoms with E-state index in [1.165, 1.54) is 0 Å². The van der Waals surface area contributed by atoms with Crippen molar-refractivity contribution in [3.63, 3.8) is 0 Å². The molecule has 0 heterocycles. The Morgan fingerprint density at radius 3 is 2.67 bits per heavy atom. The van der Waals surface area contributed by atoms with Crippen molar-refractivity contribution in [3.8, 4) is 5.75 Å². The average molecular weight is 271 g/mol. The molecule has 5 heteroatoms. The van der Waals surface area contributed by atoms with Gasteiger partial charge in [0.05, 0.1) is 12.1 Å². The predicted octanol–water partition coefficient (Wildman–Crippen LogP) is 2.72. The van der Waals surface area contributed by atoms with E-state index in [9.17, 15) is 9.59 Å². The Bertz CT molecular complexity index is 443. The maximum Gasteiger partial charge on any atom is 0.372 e. The van der Waals surface area contributed by atoms with Gasteiger partial charge in [-0.1, -0.05) is 17.7 Å². The maximum atomic E-state index is 10.9. The minimum absolute atomic E-state index is 0.0834. The van der Waals surface area contributed by atoms with Crippen molar-refractivity contribution in [2.75, 3.05) is 7.11 Å². The summed E-state index contributed by atoms with van der Waals surface area (Å²) >= 11 is 5.90. The highest BCUT2D eigenvalue weighted by atomic mass is 35.5. The van der Waals surface area contributed by atoms with Gasteiger partial charge in [0.1, 0.15) is 5.75 Å². The zero-order chi connectivity index (χ0) is 13.5. The van der Waals surface area contributed by atoms with Crippen LogP contribution in [0.3, 0.4) is 0 Å². The second-order valence-corrected chi connectivity index (χ2v) is 4.31. The number of carbonyl (C=O) groups is 2. The number of unbranched alkanes of at least 4 members (excludes halogenated alkanes) is 1. The standard InChI is InChI=1S/C13H15ClO4/c1-18-12-8-9(6-7-10(12)14)4-2-3-5-11(15)13(16)17/h6-8H,2-5H2,1H3,(H,16,17). The number of methoxy groups -OCH3 is 1. The Morgan fingerprint density at radius 1 is 1.33 bits per heavy atom. The molecule has 0 saturated carbocycles. The highest BCUT2D eigenvalue weighted by Gasteiger charge is 2.10. The fraction of sp³-hybridized carbons (Fsp3) is 0.385. The quantitative estimate of drug-likeness (QED) is 0.611. The molecule has 1 aromatic carbocycles. The van der Waals surface area contributed by atoms with E-state index >= 15 is 0 Å². The minimum Gasteiger partial charge on any atom is -0.495 e. The molecule has 0 aliphatic heterocycles. The predicted molar refractivity (Wildman–Crippen MR) is 68.2 cm³/mol. The molecule has 0 atom stereocenters. The summed E-state index contributed by atoms with van der Waals surface area (Å²) in [5, 5.41) is 8.97. The van der Waals surface area contributed by atoms with Crippen LogP contribution in [0.15, 0.2) is 18.2 Å². The van der Waals surface area contributed by atoms with Crippen molar-refractivity contribution in [2.24, 2.45) is 0 Å². The van der Waals surface area contributed by atoms with Crippen molar-refractivity contribution in [3.05, 3.63) is 28.8 Å². The summed E-state index contributed by atoms with van der Waals surface area (Å²) in [6.45, 7) is 0. The highest BCUT2D eigenvalue weighted by Crippen LogP contribution is 2.25. The van der Waals surface area contributed by atoms with Crippen LogP contribution in [0.1, 0.15) is 24.8 Å². The molecule has 0 amide bonds. The highest BCUT2D eigenvalue weighted by molar-refractivity contribution is 6.32. The van der Waals surface area contributed by atoms with Crippen LogP contribution >= 0.6 is 11.6 Å². The first-order chi connectivity index (χ1) is 8.54. The number of carbonyl (C=O) groups excluding carboxylic acids is 1. The van der Waals surface area contributed by atoms with Crippen LogP contribution in [-0.2, 0) is 16.0 Å². The van der Waals surface area contributed by atoms with E-state index in [0.29, 0.717) is 17.2 Å². The lowest BCUT2D eigenvalue weighted by Crippen LogP contribution is -2.11. The first-order valence-electron chi connectivity index (χ1n) is 5.63. The van der Waals surface area contributed by atoms with Crippen LogP contribution in [-0.4, -0.2) is 24.0 Å². The van der Waals surface area contributed by atoms with Crippen molar-refractivity contribution in [2.45, 2.75) is 25.7 Å². The molecule has 0 radical (unpaired) electrons. The molecule has 98 valence electrons. The summed E-state index contributed by atoms with van der Waals surface area (Å²) in [6, 6.07) is 5.50. The number of halogens is 1. The topological polar surface area (TPSA) is 63.6 Å². The van der Waals surface area contributed by atoms with E-state index in [2.05, 4.69) is 0 Å². The van der Waals surface area contributed by atoms with E-state index in [1.807, 2.05) is 12.1 Å². The van der Waals surface area contributed by atoms with Crippen LogP contribution in [0.2, 0.25) is 5.02 Å². The molecule has 4 nitrogen and oxygen atoms in total. The van der Waals surface area contributed by atoms with Crippen molar-refractivity contribution in [1.82, 2.24) is 0 Å². The van der Waals surface area contributed by atoms with Gasteiger partial charge in [-0.2, -0.15) is 0 Å². The Balaban J connectivity index is 2.40. The van der Waals surface area contributed by atoms with Gasteiger partial charge in [0, 0.05) is 6.42 Å². The van der Waals surface area contributed by atoms with Gasteiger partial charge in [0.2, 0.25) is 5.78 Å². The van der Waals surface area contributed by atoms with Gasteiger partial charge in [-0.25, -0.2) is 4.79 Å². The number of rotatable bonds is 7. The minimum atomic E-state index is -1.36. The van der Waals surface area contributed by atoms with Gasteiger partial charge in [0.15, 0.2) is 0 Å². The molecule has 1 aromatic rings. The summed E-state index contributed by atoms with van der Waals surface area (Å²) in [5.41, 5.74) is 1.05. The number of hydrogen-bond acceptors (Lipinski definition) is 3. The van der Waals surface area contributed by atoms with Crippen LogP contribution < -0.4 is 4.74 Å². The Morgan fingerprint density at radius 2 is 2.06 bits per heavy atom. The largest absolute Gasteiger partial charge is 0.495 e. The number of aryl methyl sites for hydroxylation is 1. The van der Waals surface area contributed by atoms with E-state index in [1.54, 1.807) is 13.2 Å². The van der Waals surface area contributed by atoms with Gasteiger partial charge < -0.3 is 9.84 Å². The smallest absolute Gasteiger partial charge is 0.372 e. The van der Waals surface area contributed by atoms with Crippen molar-refractivity contribution >= 4 is 23.4 Å². The zero-order valence-corrected chi connectivity index (χ0v) is 10.9. The van der Waals surface area contributed by atoms with Gasteiger partial charge in [-0.05, 0) is 37.0 Å². The monoisotopic (exact) mass is 270 g/mol. The Kier molecular flexibility index (Phi) is 5.65. The van der Waals surface area contributed by atoms with Crippen LogP contribution in [0, 0.1) is 0 Å². The number of hydrogen-bond donors (Lipinski definition) is 1. The van der Waals surface area contributed by atoms with E-state index < -0.39 is 11.8 Å². The second-order valence-electron chi connectivity index (χ2n) is 3.90. The molecule has 1 N–H and O–H groups in total. The van der Waals surface area contributed by atoms with E-state index in [0.717, 1.165) is 18.4 Å². The lowest BCUT2D eigenvalue weighted by atomic mass is 10.1. The molecular formula is C13H15ClO4. The molecule has 0 fully saturated rings. The van der Waals surface area contributed by atoms with Crippen molar-refractivity contribution < 1.29 is 19.4 Å². The third kappa shape index (κ3) is 4.37. The Hall–Kier alpha value is -1.55. The molecule has 1 rings (SSSR count). The molecule has 0 saturated heterocycles.